The van der Waals surface area contributed by atoms with Crippen LogP contribution in [0.4, 0.5) is 5.69 Å². The SMILES string of the molecule is CC[C@@H](C(=O)NC(C)(C)C)N(Cc1cccc(OC)c1)C(=O)CN(c1ccc(OCc2ccccc2)cc1)S(C)(=O)=O. The number of carbonyl (C=O) groups excluding carboxylic acids is 2. The monoisotopic (exact) mass is 595 g/mol. The summed E-state index contributed by atoms with van der Waals surface area (Å²) < 4.78 is 38.0. The van der Waals surface area contributed by atoms with Gasteiger partial charge < -0.3 is 19.7 Å². The van der Waals surface area contributed by atoms with Crippen molar-refractivity contribution in [2.24, 2.45) is 0 Å². The van der Waals surface area contributed by atoms with Crippen molar-refractivity contribution in [2.45, 2.75) is 58.8 Å². The van der Waals surface area contributed by atoms with Gasteiger partial charge in [0.1, 0.15) is 30.7 Å². The van der Waals surface area contributed by atoms with Gasteiger partial charge in [-0.2, -0.15) is 0 Å². The first-order chi connectivity index (χ1) is 19.8. The summed E-state index contributed by atoms with van der Waals surface area (Å²) in [6.07, 6.45) is 1.39. The summed E-state index contributed by atoms with van der Waals surface area (Å²) in [4.78, 5) is 28.7. The number of rotatable bonds is 13. The maximum atomic E-state index is 13.9. The van der Waals surface area contributed by atoms with Gasteiger partial charge in [-0.15, -0.1) is 0 Å². The Labute approximate surface area is 249 Å². The maximum Gasteiger partial charge on any atom is 0.244 e. The van der Waals surface area contributed by atoms with E-state index in [-0.39, 0.29) is 12.5 Å². The lowest BCUT2D eigenvalue weighted by Crippen LogP contribution is -2.55. The van der Waals surface area contributed by atoms with Gasteiger partial charge in [0, 0.05) is 12.1 Å². The van der Waals surface area contributed by atoms with Gasteiger partial charge in [-0.3, -0.25) is 13.9 Å². The number of ether oxygens (including phenoxy) is 2. The largest absolute Gasteiger partial charge is 0.497 e. The van der Waals surface area contributed by atoms with E-state index < -0.39 is 34.1 Å². The van der Waals surface area contributed by atoms with Gasteiger partial charge in [-0.05, 0) is 74.7 Å². The Bertz CT molecular complexity index is 1440. The molecule has 42 heavy (non-hydrogen) atoms. The number of hydrogen-bond acceptors (Lipinski definition) is 6. The summed E-state index contributed by atoms with van der Waals surface area (Å²) >= 11 is 0. The van der Waals surface area contributed by atoms with E-state index in [1.165, 1.54) is 4.90 Å². The molecule has 3 aromatic carbocycles. The van der Waals surface area contributed by atoms with Crippen molar-refractivity contribution < 1.29 is 27.5 Å². The number of hydrogen-bond donors (Lipinski definition) is 1. The van der Waals surface area contributed by atoms with Crippen LogP contribution in [0.25, 0.3) is 0 Å². The van der Waals surface area contributed by atoms with Crippen LogP contribution in [0, 0.1) is 0 Å². The zero-order valence-electron chi connectivity index (χ0n) is 25.2. The van der Waals surface area contributed by atoms with E-state index in [0.717, 1.165) is 21.7 Å². The fourth-order valence-corrected chi connectivity index (χ4v) is 5.25. The first-order valence-electron chi connectivity index (χ1n) is 13.8. The van der Waals surface area contributed by atoms with Gasteiger partial charge in [0.25, 0.3) is 0 Å². The van der Waals surface area contributed by atoms with E-state index in [1.54, 1.807) is 49.6 Å². The molecule has 0 radical (unpaired) electrons. The standard InChI is InChI=1S/C32H41N3O6S/c1-7-29(31(37)33-32(2,3)4)34(21-25-14-11-15-28(20-25)40-5)30(36)22-35(42(6,38)39)26-16-18-27(19-17-26)41-23-24-12-9-8-10-13-24/h8-20,29H,7,21-23H2,1-6H3,(H,33,37)/t29-/m0/s1. The topological polar surface area (TPSA) is 105 Å². The Balaban J connectivity index is 1.88. The third kappa shape index (κ3) is 9.51. The number of nitrogens with one attached hydrogen (secondary N) is 1. The van der Waals surface area contributed by atoms with E-state index >= 15 is 0 Å². The molecule has 0 bridgehead atoms. The summed E-state index contributed by atoms with van der Waals surface area (Å²) in [6.45, 7) is 7.39. The van der Waals surface area contributed by atoms with E-state index in [1.807, 2.05) is 64.1 Å². The molecule has 0 heterocycles. The van der Waals surface area contributed by atoms with E-state index in [4.69, 9.17) is 9.47 Å². The second-order valence-electron chi connectivity index (χ2n) is 11.1. The lowest BCUT2D eigenvalue weighted by molar-refractivity contribution is -0.141. The number of methoxy groups -OCH3 is 1. The molecule has 0 saturated carbocycles. The van der Waals surface area contributed by atoms with Crippen LogP contribution in [0.2, 0.25) is 0 Å². The molecule has 0 aliphatic rings. The molecule has 0 unspecified atom stereocenters. The summed E-state index contributed by atoms with van der Waals surface area (Å²) in [6, 6.07) is 22.6. The average molecular weight is 596 g/mol. The average Bonchev–Trinajstić information content (AvgIpc) is 2.94. The predicted octanol–water partition coefficient (Wildman–Crippen LogP) is 4.76. The Kier molecular flexibility index (Phi) is 11.0. The van der Waals surface area contributed by atoms with Crippen molar-refractivity contribution in [1.29, 1.82) is 0 Å². The molecule has 3 rings (SSSR count). The number of nitrogens with zero attached hydrogens (tertiary/aromatic N) is 2. The molecule has 0 aliphatic carbocycles. The van der Waals surface area contributed by atoms with Gasteiger partial charge in [-0.25, -0.2) is 8.42 Å². The van der Waals surface area contributed by atoms with Crippen LogP contribution in [0.5, 0.6) is 11.5 Å². The molecule has 0 aliphatic heterocycles. The highest BCUT2D eigenvalue weighted by molar-refractivity contribution is 7.92. The second-order valence-corrected chi connectivity index (χ2v) is 13.0. The molecule has 3 aromatic rings. The molecule has 9 nitrogen and oxygen atoms in total. The summed E-state index contributed by atoms with van der Waals surface area (Å²) in [7, 11) is -2.30. The van der Waals surface area contributed by atoms with Crippen LogP contribution >= 0.6 is 0 Å². The molecule has 10 heteroatoms. The highest BCUT2D eigenvalue weighted by atomic mass is 32.2. The zero-order valence-corrected chi connectivity index (χ0v) is 26.0. The zero-order chi connectivity index (χ0) is 30.9. The third-order valence-corrected chi connectivity index (χ3v) is 7.56. The van der Waals surface area contributed by atoms with Crippen molar-refractivity contribution in [3.63, 3.8) is 0 Å². The summed E-state index contributed by atoms with van der Waals surface area (Å²) in [5.74, 6) is 0.349. The minimum absolute atomic E-state index is 0.0932. The van der Waals surface area contributed by atoms with Crippen molar-refractivity contribution >= 4 is 27.5 Å². The van der Waals surface area contributed by atoms with Gasteiger partial charge in [0.2, 0.25) is 21.8 Å². The van der Waals surface area contributed by atoms with Gasteiger partial charge in [-0.1, -0.05) is 49.4 Å². The second kappa shape index (κ2) is 14.2. The van der Waals surface area contributed by atoms with Crippen LogP contribution in [0.3, 0.4) is 0 Å². The fourth-order valence-electron chi connectivity index (χ4n) is 4.40. The number of sulfonamides is 1. The first kappa shape index (κ1) is 32.5. The minimum Gasteiger partial charge on any atom is -0.497 e. The van der Waals surface area contributed by atoms with Crippen LogP contribution in [-0.4, -0.2) is 56.6 Å². The van der Waals surface area contributed by atoms with Crippen LogP contribution in [-0.2, 0) is 32.8 Å². The number of benzene rings is 3. The lowest BCUT2D eigenvalue weighted by Gasteiger charge is -2.34. The molecule has 0 spiro atoms. The molecule has 1 N–H and O–H groups in total. The van der Waals surface area contributed by atoms with Gasteiger partial charge in [0.05, 0.1) is 19.1 Å². The summed E-state index contributed by atoms with van der Waals surface area (Å²) in [5.41, 5.74) is 1.54. The Morgan fingerprint density at radius 2 is 1.55 bits per heavy atom. The molecule has 226 valence electrons. The number of carbonyl (C=O) groups is 2. The molecule has 1 atom stereocenters. The molecule has 0 saturated heterocycles. The number of anilines is 1. The van der Waals surface area contributed by atoms with Gasteiger partial charge in [0.15, 0.2) is 0 Å². The molecule has 0 fully saturated rings. The summed E-state index contributed by atoms with van der Waals surface area (Å²) in [5, 5.41) is 2.96. The van der Waals surface area contributed by atoms with Crippen molar-refractivity contribution in [3.05, 3.63) is 90.0 Å². The smallest absolute Gasteiger partial charge is 0.244 e. The van der Waals surface area contributed by atoms with E-state index in [2.05, 4.69) is 5.32 Å². The predicted molar refractivity (Wildman–Crippen MR) is 165 cm³/mol. The molecule has 0 aromatic heterocycles. The Morgan fingerprint density at radius 1 is 0.905 bits per heavy atom. The molecular weight excluding hydrogens is 554 g/mol. The highest BCUT2D eigenvalue weighted by Gasteiger charge is 2.33. The van der Waals surface area contributed by atoms with Crippen LogP contribution < -0.4 is 19.1 Å². The van der Waals surface area contributed by atoms with Crippen molar-refractivity contribution in [2.75, 3.05) is 24.2 Å². The van der Waals surface area contributed by atoms with Crippen molar-refractivity contribution in [1.82, 2.24) is 10.2 Å². The highest BCUT2D eigenvalue weighted by Crippen LogP contribution is 2.24. The maximum absolute atomic E-state index is 13.9. The van der Waals surface area contributed by atoms with Crippen molar-refractivity contribution in [3.8, 4) is 11.5 Å². The van der Waals surface area contributed by atoms with E-state index in [0.29, 0.717) is 30.2 Å². The minimum atomic E-state index is -3.86. The lowest BCUT2D eigenvalue weighted by atomic mass is 10.1. The van der Waals surface area contributed by atoms with E-state index in [9.17, 15) is 18.0 Å². The Hall–Kier alpha value is -4.05. The van der Waals surface area contributed by atoms with Gasteiger partial charge >= 0.3 is 0 Å². The molecular formula is C32H41N3O6S. The van der Waals surface area contributed by atoms with Crippen LogP contribution in [0.1, 0.15) is 45.2 Å². The normalized spacial score (nSPS) is 12.2. The van der Waals surface area contributed by atoms with Crippen LogP contribution in [0.15, 0.2) is 78.9 Å². The Morgan fingerprint density at radius 3 is 2.12 bits per heavy atom. The fraction of sp³-hybridized carbons (Fsp3) is 0.375. The third-order valence-electron chi connectivity index (χ3n) is 6.42. The first-order valence-corrected chi connectivity index (χ1v) is 15.6. The number of amides is 2. The quantitative estimate of drug-likeness (QED) is 0.306. The molecule has 2 amide bonds.